The molecular weight excluding hydrogens is 328 g/mol. The monoisotopic (exact) mass is 352 g/mol. The summed E-state index contributed by atoms with van der Waals surface area (Å²) in [6, 6.07) is 9.86. The quantitative estimate of drug-likeness (QED) is 0.880. The van der Waals surface area contributed by atoms with Crippen molar-refractivity contribution in [1.29, 1.82) is 0 Å². The van der Waals surface area contributed by atoms with Crippen molar-refractivity contribution in [3.05, 3.63) is 53.1 Å². The Morgan fingerprint density at radius 1 is 1.31 bits per heavy atom. The van der Waals surface area contributed by atoms with E-state index in [0.29, 0.717) is 25.9 Å². The molecule has 1 aliphatic heterocycles. The highest BCUT2D eigenvalue weighted by Gasteiger charge is 2.33. The molecule has 136 valence electrons. The number of rotatable bonds is 4. The van der Waals surface area contributed by atoms with Crippen molar-refractivity contribution in [2.24, 2.45) is 5.92 Å². The number of amides is 2. The van der Waals surface area contributed by atoms with E-state index in [9.17, 15) is 9.59 Å². The van der Waals surface area contributed by atoms with Gasteiger partial charge in [-0.05, 0) is 25.3 Å². The summed E-state index contributed by atoms with van der Waals surface area (Å²) in [5.74, 6) is 1.03. The second-order valence-corrected chi connectivity index (χ2v) is 7.36. The summed E-state index contributed by atoms with van der Waals surface area (Å²) < 4.78 is 0. The fraction of sp³-hybridized carbons (Fsp3) is 0.450. The molecule has 2 heterocycles. The Hall–Kier alpha value is -2.63. The lowest BCUT2D eigenvalue weighted by molar-refractivity contribution is -0.128. The fourth-order valence-corrected chi connectivity index (χ4v) is 3.99. The number of hydrogen-bond acceptors (Lipinski definition) is 3. The average molecular weight is 352 g/mol. The van der Waals surface area contributed by atoms with E-state index < -0.39 is 0 Å². The maximum Gasteiger partial charge on any atom is 0.225 e. The molecule has 2 N–H and O–H groups in total. The molecule has 2 aromatic rings. The predicted octanol–water partition coefficient (Wildman–Crippen LogP) is 1.74. The Morgan fingerprint density at radius 2 is 2.12 bits per heavy atom. The van der Waals surface area contributed by atoms with Crippen LogP contribution in [0.25, 0.3) is 0 Å². The number of carbonyl (C=O) groups excluding carboxylic acids is 2. The number of fused-ring (bicyclic) bond motifs is 1. The van der Waals surface area contributed by atoms with Crippen LogP contribution in [0.5, 0.6) is 0 Å². The van der Waals surface area contributed by atoms with Gasteiger partial charge in [0.15, 0.2) is 0 Å². The third-order valence-electron chi connectivity index (χ3n) is 5.31. The number of hydrogen-bond donors (Lipinski definition) is 2. The third kappa shape index (κ3) is 3.49. The molecule has 1 aromatic heterocycles. The number of likely N-dealkylation sites (tertiary alicyclic amines) is 1. The first-order valence-corrected chi connectivity index (χ1v) is 9.25. The Labute approximate surface area is 153 Å². The van der Waals surface area contributed by atoms with Gasteiger partial charge < -0.3 is 15.2 Å². The van der Waals surface area contributed by atoms with Gasteiger partial charge in [0, 0.05) is 37.5 Å². The van der Waals surface area contributed by atoms with Gasteiger partial charge in [0.1, 0.15) is 5.82 Å². The smallest absolute Gasteiger partial charge is 0.225 e. The van der Waals surface area contributed by atoms with Crippen LogP contribution in [0.2, 0.25) is 0 Å². The van der Waals surface area contributed by atoms with Crippen LogP contribution in [0, 0.1) is 12.8 Å². The maximum absolute atomic E-state index is 12.7. The van der Waals surface area contributed by atoms with Gasteiger partial charge in [-0.25, -0.2) is 4.98 Å². The van der Waals surface area contributed by atoms with E-state index in [1.807, 2.05) is 42.2 Å². The van der Waals surface area contributed by atoms with E-state index >= 15 is 0 Å². The van der Waals surface area contributed by atoms with Crippen LogP contribution in [-0.2, 0) is 29.0 Å². The number of aromatic amines is 1. The van der Waals surface area contributed by atoms with Gasteiger partial charge in [0.2, 0.25) is 11.8 Å². The Balaban J connectivity index is 1.33. The second-order valence-electron chi connectivity index (χ2n) is 7.36. The molecule has 1 aromatic carbocycles. The van der Waals surface area contributed by atoms with Gasteiger partial charge in [0.05, 0.1) is 11.7 Å². The zero-order valence-corrected chi connectivity index (χ0v) is 15.0. The molecule has 26 heavy (non-hydrogen) atoms. The lowest BCUT2D eigenvalue weighted by Gasteiger charge is -2.23. The highest BCUT2D eigenvalue weighted by molar-refractivity contribution is 5.83. The van der Waals surface area contributed by atoms with E-state index in [2.05, 4.69) is 15.3 Å². The van der Waals surface area contributed by atoms with Crippen molar-refractivity contribution in [3.8, 4) is 0 Å². The summed E-state index contributed by atoms with van der Waals surface area (Å²) in [5, 5.41) is 3.10. The van der Waals surface area contributed by atoms with Crippen LogP contribution >= 0.6 is 0 Å². The lowest BCUT2D eigenvalue weighted by atomic mass is 9.89. The number of imidazole rings is 1. The summed E-state index contributed by atoms with van der Waals surface area (Å²) in [5.41, 5.74) is 3.29. The summed E-state index contributed by atoms with van der Waals surface area (Å²) in [4.78, 5) is 34.5. The highest BCUT2D eigenvalue weighted by Crippen LogP contribution is 2.24. The molecule has 1 aliphatic carbocycles. The Bertz CT molecular complexity index is 814. The zero-order chi connectivity index (χ0) is 18.1. The number of aromatic nitrogens is 2. The molecule has 0 radical (unpaired) electrons. The number of benzene rings is 1. The summed E-state index contributed by atoms with van der Waals surface area (Å²) in [6.45, 7) is 3.13. The topological polar surface area (TPSA) is 78.1 Å². The predicted molar refractivity (Wildman–Crippen MR) is 97.2 cm³/mol. The van der Waals surface area contributed by atoms with Gasteiger partial charge >= 0.3 is 0 Å². The molecule has 0 bridgehead atoms. The summed E-state index contributed by atoms with van der Waals surface area (Å²) in [6.07, 6.45) is 2.75. The van der Waals surface area contributed by atoms with Gasteiger partial charge in [-0.2, -0.15) is 0 Å². The van der Waals surface area contributed by atoms with E-state index in [4.69, 9.17) is 0 Å². The van der Waals surface area contributed by atoms with Crippen LogP contribution in [0.4, 0.5) is 0 Å². The zero-order valence-electron chi connectivity index (χ0n) is 15.0. The van der Waals surface area contributed by atoms with Gasteiger partial charge in [-0.3, -0.25) is 9.59 Å². The summed E-state index contributed by atoms with van der Waals surface area (Å²) >= 11 is 0. The maximum atomic E-state index is 12.7. The first-order valence-electron chi connectivity index (χ1n) is 9.25. The molecule has 2 amide bonds. The minimum Gasteiger partial charge on any atom is -0.351 e. The normalized spacial score (nSPS) is 22.3. The first kappa shape index (κ1) is 16.8. The van der Waals surface area contributed by atoms with Crippen molar-refractivity contribution in [2.45, 2.75) is 45.2 Å². The largest absolute Gasteiger partial charge is 0.351 e. The van der Waals surface area contributed by atoms with Crippen LogP contribution < -0.4 is 5.32 Å². The van der Waals surface area contributed by atoms with E-state index in [-0.39, 0.29) is 23.8 Å². The summed E-state index contributed by atoms with van der Waals surface area (Å²) in [7, 11) is 0. The van der Waals surface area contributed by atoms with Gasteiger partial charge in [-0.15, -0.1) is 0 Å². The highest BCUT2D eigenvalue weighted by atomic mass is 16.2. The standard InChI is InChI=1S/C20H24N4O2/c1-13-21-17-8-7-15(9-18(17)22-13)20(26)23-16-10-19(25)24(12-16)11-14-5-3-2-4-6-14/h2-6,15-16H,7-12H2,1H3,(H,21,22)(H,23,26). The number of H-pyrrole nitrogens is 1. The van der Waals surface area contributed by atoms with Gasteiger partial charge in [0.25, 0.3) is 0 Å². The molecule has 2 aliphatic rings. The molecule has 6 nitrogen and oxygen atoms in total. The molecule has 2 unspecified atom stereocenters. The number of nitrogens with zero attached hydrogens (tertiary/aromatic N) is 2. The molecule has 6 heteroatoms. The van der Waals surface area contributed by atoms with E-state index in [1.165, 1.54) is 0 Å². The third-order valence-corrected chi connectivity index (χ3v) is 5.31. The van der Waals surface area contributed by atoms with E-state index in [1.54, 1.807) is 0 Å². The number of carbonyl (C=O) groups is 2. The minimum absolute atomic E-state index is 0.0411. The van der Waals surface area contributed by atoms with Crippen molar-refractivity contribution < 1.29 is 9.59 Å². The molecule has 1 fully saturated rings. The van der Waals surface area contributed by atoms with Crippen LogP contribution in [0.15, 0.2) is 30.3 Å². The van der Waals surface area contributed by atoms with Crippen molar-refractivity contribution in [2.75, 3.05) is 6.54 Å². The van der Waals surface area contributed by atoms with E-state index in [0.717, 1.165) is 35.6 Å². The lowest BCUT2D eigenvalue weighted by Crippen LogP contribution is -2.42. The molecule has 2 atom stereocenters. The first-order chi connectivity index (χ1) is 12.6. The molecule has 1 saturated heterocycles. The van der Waals surface area contributed by atoms with Crippen molar-refractivity contribution in [1.82, 2.24) is 20.2 Å². The number of nitrogens with one attached hydrogen (secondary N) is 2. The van der Waals surface area contributed by atoms with Crippen LogP contribution in [-0.4, -0.2) is 39.3 Å². The number of aryl methyl sites for hydroxylation is 2. The fourth-order valence-electron chi connectivity index (χ4n) is 3.99. The van der Waals surface area contributed by atoms with Gasteiger partial charge in [-0.1, -0.05) is 30.3 Å². The molecule has 0 spiro atoms. The second kappa shape index (κ2) is 6.94. The SMILES string of the molecule is Cc1nc2c([nH]1)CC(C(=O)NC1CC(=O)N(Cc3ccccc3)C1)CC2. The molecule has 4 rings (SSSR count). The average Bonchev–Trinajstić information content (AvgIpc) is 3.16. The minimum atomic E-state index is -0.0939. The van der Waals surface area contributed by atoms with Crippen molar-refractivity contribution >= 4 is 11.8 Å². The van der Waals surface area contributed by atoms with Crippen LogP contribution in [0.3, 0.4) is 0 Å². The molecular formula is C20H24N4O2. The Morgan fingerprint density at radius 3 is 2.92 bits per heavy atom. The van der Waals surface area contributed by atoms with Crippen molar-refractivity contribution in [3.63, 3.8) is 0 Å². The van der Waals surface area contributed by atoms with Crippen LogP contribution in [0.1, 0.15) is 35.6 Å². The molecule has 0 saturated carbocycles. The Kier molecular flexibility index (Phi) is 4.49.